The second-order valence-electron chi connectivity index (χ2n) is 5.82. The maximum absolute atomic E-state index is 12.8. The van der Waals surface area contributed by atoms with Crippen LogP contribution in [0, 0.1) is 11.3 Å². The predicted molar refractivity (Wildman–Crippen MR) is 94.7 cm³/mol. The van der Waals surface area contributed by atoms with Crippen molar-refractivity contribution in [2.24, 2.45) is 0 Å². The van der Waals surface area contributed by atoms with E-state index < -0.39 is 0 Å². The van der Waals surface area contributed by atoms with E-state index in [1.54, 1.807) is 18.3 Å². The fraction of sp³-hybridized carbons (Fsp3) is 0.316. The van der Waals surface area contributed by atoms with E-state index in [4.69, 9.17) is 4.74 Å². The summed E-state index contributed by atoms with van der Waals surface area (Å²) in [5.74, 6) is 0.281. The molecule has 0 N–H and O–H groups in total. The van der Waals surface area contributed by atoms with E-state index in [1.807, 2.05) is 29.2 Å². The van der Waals surface area contributed by atoms with Crippen molar-refractivity contribution in [3.8, 4) is 11.9 Å². The first-order valence-corrected chi connectivity index (χ1v) is 8.27. The van der Waals surface area contributed by atoms with Crippen LogP contribution < -0.4 is 9.64 Å². The zero-order valence-corrected chi connectivity index (χ0v) is 14.2. The number of methoxy groups -OCH3 is 1. The zero-order chi connectivity index (χ0) is 17.6. The number of nitriles is 1. The van der Waals surface area contributed by atoms with Gasteiger partial charge in [0.05, 0.1) is 18.4 Å². The van der Waals surface area contributed by atoms with Crippen LogP contribution in [0.3, 0.4) is 0 Å². The lowest BCUT2D eigenvalue weighted by atomic mass is 10.1. The Morgan fingerprint density at radius 1 is 1.16 bits per heavy atom. The third-order valence-corrected chi connectivity index (χ3v) is 4.34. The zero-order valence-electron chi connectivity index (χ0n) is 14.2. The molecule has 6 heteroatoms. The second kappa shape index (κ2) is 7.67. The van der Waals surface area contributed by atoms with Crippen LogP contribution in [-0.2, 0) is 0 Å². The third kappa shape index (κ3) is 3.56. The van der Waals surface area contributed by atoms with Gasteiger partial charge >= 0.3 is 0 Å². The van der Waals surface area contributed by atoms with Crippen LogP contribution in [0.1, 0.15) is 22.3 Å². The van der Waals surface area contributed by atoms with Crippen LogP contribution in [0.5, 0.6) is 5.88 Å². The van der Waals surface area contributed by atoms with E-state index in [0.29, 0.717) is 36.6 Å². The number of amides is 1. The van der Waals surface area contributed by atoms with Crippen molar-refractivity contribution < 1.29 is 9.53 Å². The highest BCUT2D eigenvalue weighted by molar-refractivity contribution is 5.96. The lowest BCUT2D eigenvalue weighted by Gasteiger charge is -2.24. The highest BCUT2D eigenvalue weighted by Gasteiger charge is 2.23. The van der Waals surface area contributed by atoms with Crippen molar-refractivity contribution in [1.29, 1.82) is 5.26 Å². The Hall–Kier alpha value is -3.07. The summed E-state index contributed by atoms with van der Waals surface area (Å²) < 4.78 is 5.20. The number of carbonyl (C=O) groups excluding carboxylic acids is 1. The fourth-order valence-corrected chi connectivity index (χ4v) is 3.09. The Labute approximate surface area is 147 Å². The van der Waals surface area contributed by atoms with E-state index in [2.05, 4.69) is 16.0 Å². The van der Waals surface area contributed by atoms with Gasteiger partial charge in [-0.2, -0.15) is 5.26 Å². The lowest BCUT2D eigenvalue weighted by Crippen LogP contribution is -2.35. The topological polar surface area (TPSA) is 69.5 Å². The summed E-state index contributed by atoms with van der Waals surface area (Å²) in [5, 5.41) is 9.30. The molecule has 1 aliphatic heterocycles. The number of pyridine rings is 1. The normalized spacial score (nSPS) is 14.6. The average molecular weight is 336 g/mol. The molecule has 0 saturated carbocycles. The Kier molecular flexibility index (Phi) is 5.14. The van der Waals surface area contributed by atoms with Gasteiger partial charge in [-0.1, -0.05) is 12.1 Å². The largest absolute Gasteiger partial charge is 0.480 e. The molecule has 1 saturated heterocycles. The van der Waals surface area contributed by atoms with Gasteiger partial charge in [0.2, 0.25) is 5.88 Å². The number of nitrogens with zero attached hydrogens (tertiary/aromatic N) is 4. The van der Waals surface area contributed by atoms with Crippen molar-refractivity contribution in [3.05, 3.63) is 53.7 Å². The average Bonchev–Trinajstić information content (AvgIpc) is 2.93. The van der Waals surface area contributed by atoms with Gasteiger partial charge in [-0.15, -0.1) is 0 Å². The van der Waals surface area contributed by atoms with Crippen molar-refractivity contribution >= 4 is 11.6 Å². The molecule has 3 rings (SSSR count). The maximum atomic E-state index is 12.8. The third-order valence-electron chi connectivity index (χ3n) is 4.34. The van der Waals surface area contributed by atoms with Gasteiger partial charge in [0, 0.05) is 32.4 Å². The minimum Gasteiger partial charge on any atom is -0.480 e. The summed E-state index contributed by atoms with van der Waals surface area (Å²) >= 11 is 0. The van der Waals surface area contributed by atoms with Crippen molar-refractivity contribution in [2.45, 2.75) is 6.42 Å². The van der Waals surface area contributed by atoms with Gasteiger partial charge in [0.1, 0.15) is 11.6 Å². The quantitative estimate of drug-likeness (QED) is 0.860. The molecule has 6 nitrogen and oxygen atoms in total. The number of aromatic nitrogens is 1. The van der Waals surface area contributed by atoms with E-state index in [1.165, 1.54) is 7.11 Å². The molecule has 1 aromatic carbocycles. The molecule has 1 fully saturated rings. The maximum Gasteiger partial charge on any atom is 0.259 e. The minimum atomic E-state index is -0.0691. The molecule has 25 heavy (non-hydrogen) atoms. The first-order valence-electron chi connectivity index (χ1n) is 8.27. The monoisotopic (exact) mass is 336 g/mol. The molecule has 128 valence electrons. The number of para-hydroxylation sites is 1. The summed E-state index contributed by atoms with van der Waals surface area (Å²) in [4.78, 5) is 20.9. The van der Waals surface area contributed by atoms with Crippen LogP contribution >= 0.6 is 0 Å². The van der Waals surface area contributed by atoms with Gasteiger partial charge in [0.15, 0.2) is 0 Å². The first kappa shape index (κ1) is 16.8. The number of rotatable bonds is 3. The van der Waals surface area contributed by atoms with Crippen molar-refractivity contribution in [2.75, 3.05) is 38.2 Å². The number of hydrogen-bond donors (Lipinski definition) is 0. The van der Waals surface area contributed by atoms with Crippen molar-refractivity contribution in [3.63, 3.8) is 0 Å². The standard InChI is InChI=1S/C19H20N4O2/c1-25-18-16(7-4-9-21-18)19(24)23-11-5-10-22(12-13-23)17-8-3-2-6-15(17)14-20/h2-4,6-9H,5,10-13H2,1H3. The molecule has 1 amide bonds. The van der Waals surface area contributed by atoms with Gasteiger partial charge in [0.25, 0.3) is 5.91 Å². The Bertz CT molecular complexity index is 800. The van der Waals surface area contributed by atoms with Crippen LogP contribution in [0.25, 0.3) is 0 Å². The molecule has 0 bridgehead atoms. The molecule has 1 aromatic heterocycles. The number of hydrogen-bond acceptors (Lipinski definition) is 5. The van der Waals surface area contributed by atoms with Gasteiger partial charge in [-0.05, 0) is 30.7 Å². The summed E-state index contributed by atoms with van der Waals surface area (Å²) in [6, 6.07) is 13.3. The molecular weight excluding hydrogens is 316 g/mol. The van der Waals surface area contributed by atoms with Gasteiger partial charge in [-0.3, -0.25) is 4.79 Å². The SMILES string of the molecule is COc1ncccc1C(=O)N1CCCN(c2ccccc2C#N)CC1. The van der Waals surface area contributed by atoms with Crippen LogP contribution in [-0.4, -0.2) is 49.1 Å². The van der Waals surface area contributed by atoms with E-state index in [9.17, 15) is 10.1 Å². The lowest BCUT2D eigenvalue weighted by molar-refractivity contribution is 0.0763. The van der Waals surface area contributed by atoms with Gasteiger partial charge < -0.3 is 14.5 Å². The number of benzene rings is 1. The second-order valence-corrected chi connectivity index (χ2v) is 5.82. The summed E-state index contributed by atoms with van der Waals surface area (Å²) in [6.45, 7) is 2.76. The van der Waals surface area contributed by atoms with E-state index in [0.717, 1.165) is 18.7 Å². The number of carbonyl (C=O) groups is 1. The predicted octanol–water partition coefficient (Wildman–Crippen LogP) is 2.31. The molecule has 2 aromatic rings. The smallest absolute Gasteiger partial charge is 0.259 e. The molecule has 0 radical (unpaired) electrons. The minimum absolute atomic E-state index is 0.0691. The molecule has 0 aliphatic carbocycles. The van der Waals surface area contributed by atoms with Crippen LogP contribution in [0.2, 0.25) is 0 Å². The molecular formula is C19H20N4O2. The van der Waals surface area contributed by atoms with Crippen molar-refractivity contribution in [1.82, 2.24) is 9.88 Å². The summed E-state index contributed by atoms with van der Waals surface area (Å²) in [7, 11) is 1.52. The van der Waals surface area contributed by atoms with Crippen LogP contribution in [0.15, 0.2) is 42.6 Å². The number of ether oxygens (including phenoxy) is 1. The fourth-order valence-electron chi connectivity index (χ4n) is 3.09. The Morgan fingerprint density at radius 2 is 2.00 bits per heavy atom. The molecule has 2 heterocycles. The summed E-state index contributed by atoms with van der Waals surface area (Å²) in [5.41, 5.74) is 2.07. The van der Waals surface area contributed by atoms with E-state index in [-0.39, 0.29) is 5.91 Å². The highest BCUT2D eigenvalue weighted by atomic mass is 16.5. The Balaban J connectivity index is 1.76. The first-order chi connectivity index (χ1) is 12.2. The molecule has 1 aliphatic rings. The Morgan fingerprint density at radius 3 is 2.80 bits per heavy atom. The summed E-state index contributed by atoms with van der Waals surface area (Å²) in [6.07, 6.45) is 2.45. The molecule has 0 unspecified atom stereocenters. The van der Waals surface area contributed by atoms with E-state index >= 15 is 0 Å². The molecule has 0 atom stereocenters. The molecule has 0 spiro atoms. The highest BCUT2D eigenvalue weighted by Crippen LogP contribution is 2.22. The van der Waals surface area contributed by atoms with Crippen LogP contribution in [0.4, 0.5) is 5.69 Å². The van der Waals surface area contributed by atoms with Gasteiger partial charge in [-0.25, -0.2) is 4.98 Å². The number of anilines is 1.